The van der Waals surface area contributed by atoms with E-state index in [0.29, 0.717) is 16.0 Å². The number of benzene rings is 3. The van der Waals surface area contributed by atoms with Crippen molar-refractivity contribution >= 4 is 29.1 Å². The number of imide groups is 1. The van der Waals surface area contributed by atoms with Crippen molar-refractivity contribution in [3.05, 3.63) is 106 Å². The average molecular weight is 418 g/mol. The number of aryl methyl sites for hydroxylation is 2. The fourth-order valence-corrected chi connectivity index (χ4v) is 4.53. The van der Waals surface area contributed by atoms with Crippen LogP contribution in [0, 0.1) is 19.7 Å². The van der Waals surface area contributed by atoms with E-state index in [0.717, 1.165) is 21.6 Å². The third-order valence-electron chi connectivity index (χ3n) is 4.99. The summed E-state index contributed by atoms with van der Waals surface area (Å²) in [5, 5.41) is 0. The van der Waals surface area contributed by atoms with Gasteiger partial charge in [-0.05, 0) is 54.8 Å². The molecule has 0 fully saturated rings. The normalized spacial score (nSPS) is 14.0. The van der Waals surface area contributed by atoms with E-state index in [2.05, 4.69) is 0 Å². The molecule has 30 heavy (non-hydrogen) atoms. The molecule has 0 saturated carbocycles. The van der Waals surface area contributed by atoms with Crippen LogP contribution in [0.4, 0.5) is 4.39 Å². The van der Waals surface area contributed by atoms with E-state index in [9.17, 15) is 14.0 Å². The Hall–Kier alpha value is -3.18. The number of carbonyl (C=O) groups is 2. The molecule has 4 rings (SSSR count). The van der Waals surface area contributed by atoms with Gasteiger partial charge >= 0.3 is 0 Å². The maximum Gasteiger partial charge on any atom is 0.268 e. The van der Waals surface area contributed by atoms with E-state index in [1.165, 1.54) is 28.8 Å². The first-order chi connectivity index (χ1) is 14.4. The summed E-state index contributed by atoms with van der Waals surface area (Å²) in [6.45, 7) is 4.04. The number of rotatable bonds is 5. The van der Waals surface area contributed by atoms with Crippen LogP contribution in [0.5, 0.6) is 0 Å². The van der Waals surface area contributed by atoms with Crippen molar-refractivity contribution in [1.29, 1.82) is 0 Å². The van der Waals surface area contributed by atoms with Gasteiger partial charge in [0.2, 0.25) is 0 Å². The SMILES string of the molecule is Cc1ccc(C2=C(Sc3ccccc3)C(=O)N(Cc3ccc(F)cc3)C2=O)c(C)c1. The summed E-state index contributed by atoms with van der Waals surface area (Å²) in [6, 6.07) is 21.2. The van der Waals surface area contributed by atoms with Crippen LogP contribution < -0.4 is 0 Å². The van der Waals surface area contributed by atoms with E-state index in [1.54, 1.807) is 12.1 Å². The number of amides is 2. The van der Waals surface area contributed by atoms with Crippen LogP contribution >= 0.6 is 11.8 Å². The van der Waals surface area contributed by atoms with Gasteiger partial charge in [-0.2, -0.15) is 0 Å². The average Bonchev–Trinajstić information content (AvgIpc) is 2.95. The summed E-state index contributed by atoms with van der Waals surface area (Å²) in [6.07, 6.45) is 0. The van der Waals surface area contributed by atoms with Gasteiger partial charge in [-0.15, -0.1) is 0 Å². The molecule has 0 atom stereocenters. The van der Waals surface area contributed by atoms with Crippen LogP contribution in [0.15, 0.2) is 82.6 Å². The summed E-state index contributed by atoms with van der Waals surface area (Å²) >= 11 is 1.30. The zero-order chi connectivity index (χ0) is 21.3. The highest BCUT2D eigenvalue weighted by atomic mass is 32.2. The summed E-state index contributed by atoms with van der Waals surface area (Å²) in [4.78, 5) is 29.2. The van der Waals surface area contributed by atoms with Gasteiger partial charge < -0.3 is 0 Å². The lowest BCUT2D eigenvalue weighted by Gasteiger charge is -2.15. The lowest BCUT2D eigenvalue weighted by atomic mass is 9.99. The van der Waals surface area contributed by atoms with Crippen molar-refractivity contribution < 1.29 is 14.0 Å². The molecule has 0 aromatic heterocycles. The minimum atomic E-state index is -0.354. The molecule has 3 aromatic rings. The minimum absolute atomic E-state index is 0.102. The Balaban J connectivity index is 1.76. The molecule has 2 amide bonds. The van der Waals surface area contributed by atoms with Crippen LogP contribution in [0.25, 0.3) is 5.57 Å². The highest BCUT2D eigenvalue weighted by Crippen LogP contribution is 2.41. The van der Waals surface area contributed by atoms with Gasteiger partial charge in [0.25, 0.3) is 11.8 Å². The number of nitrogens with zero attached hydrogens (tertiary/aromatic N) is 1. The van der Waals surface area contributed by atoms with Crippen molar-refractivity contribution in [2.24, 2.45) is 0 Å². The van der Waals surface area contributed by atoms with E-state index < -0.39 is 0 Å². The molecule has 0 radical (unpaired) electrons. The summed E-state index contributed by atoms with van der Waals surface area (Å²) in [7, 11) is 0. The molecule has 3 aromatic carbocycles. The Kier molecular flexibility index (Phi) is 5.55. The van der Waals surface area contributed by atoms with Crippen LogP contribution in [0.1, 0.15) is 22.3 Å². The number of halogens is 1. The molecule has 150 valence electrons. The monoisotopic (exact) mass is 417 g/mol. The largest absolute Gasteiger partial charge is 0.269 e. The first-order valence-corrected chi connectivity index (χ1v) is 10.4. The molecule has 1 aliphatic heterocycles. The van der Waals surface area contributed by atoms with Crippen molar-refractivity contribution in [2.45, 2.75) is 25.3 Å². The quantitative estimate of drug-likeness (QED) is 0.514. The van der Waals surface area contributed by atoms with Gasteiger partial charge in [0.05, 0.1) is 17.0 Å². The van der Waals surface area contributed by atoms with Gasteiger partial charge in [-0.25, -0.2) is 4.39 Å². The fraction of sp³-hybridized carbons (Fsp3) is 0.120. The zero-order valence-electron chi connectivity index (χ0n) is 16.7. The van der Waals surface area contributed by atoms with Gasteiger partial charge in [0.15, 0.2) is 0 Å². The predicted molar refractivity (Wildman–Crippen MR) is 117 cm³/mol. The maximum absolute atomic E-state index is 13.4. The van der Waals surface area contributed by atoms with Gasteiger partial charge in [-0.1, -0.05) is 65.9 Å². The van der Waals surface area contributed by atoms with Gasteiger partial charge in [-0.3, -0.25) is 14.5 Å². The van der Waals surface area contributed by atoms with Crippen molar-refractivity contribution in [2.75, 3.05) is 0 Å². The first kappa shape index (κ1) is 20.1. The van der Waals surface area contributed by atoms with E-state index in [-0.39, 0.29) is 24.2 Å². The second-order valence-electron chi connectivity index (χ2n) is 7.26. The molecule has 0 saturated heterocycles. The van der Waals surface area contributed by atoms with E-state index in [4.69, 9.17) is 0 Å². The maximum atomic E-state index is 13.4. The van der Waals surface area contributed by atoms with Gasteiger partial charge in [0, 0.05) is 4.90 Å². The highest BCUT2D eigenvalue weighted by Gasteiger charge is 2.39. The molecule has 0 N–H and O–H groups in total. The standard InChI is InChI=1S/C25H20FNO2S/c1-16-8-13-21(17(2)14-16)22-23(30-20-6-4-3-5-7-20)25(29)27(24(22)28)15-18-9-11-19(26)12-10-18/h3-14H,15H2,1-2H3. The lowest BCUT2D eigenvalue weighted by Crippen LogP contribution is -2.31. The van der Waals surface area contributed by atoms with Crippen molar-refractivity contribution in [3.63, 3.8) is 0 Å². The highest BCUT2D eigenvalue weighted by molar-refractivity contribution is 8.04. The number of hydrogen-bond donors (Lipinski definition) is 0. The number of thioether (sulfide) groups is 1. The molecular weight excluding hydrogens is 397 g/mol. The molecule has 3 nitrogen and oxygen atoms in total. The van der Waals surface area contributed by atoms with E-state index >= 15 is 0 Å². The summed E-state index contributed by atoms with van der Waals surface area (Å²) in [5.41, 5.74) is 3.92. The number of hydrogen-bond acceptors (Lipinski definition) is 3. The summed E-state index contributed by atoms with van der Waals surface area (Å²) in [5.74, 6) is -1.00. The molecule has 0 aliphatic carbocycles. The Morgan fingerprint density at radius 2 is 1.57 bits per heavy atom. The van der Waals surface area contributed by atoms with Crippen molar-refractivity contribution in [1.82, 2.24) is 4.90 Å². The van der Waals surface area contributed by atoms with Crippen LogP contribution in [0.3, 0.4) is 0 Å². The molecule has 0 spiro atoms. The molecule has 0 bridgehead atoms. The van der Waals surface area contributed by atoms with E-state index in [1.807, 2.05) is 62.4 Å². The zero-order valence-corrected chi connectivity index (χ0v) is 17.5. The minimum Gasteiger partial charge on any atom is -0.269 e. The molecule has 1 heterocycles. The molecular formula is C25H20FNO2S. The third kappa shape index (κ3) is 3.94. The van der Waals surface area contributed by atoms with Crippen LogP contribution in [-0.2, 0) is 16.1 Å². The third-order valence-corrected chi connectivity index (χ3v) is 6.08. The first-order valence-electron chi connectivity index (χ1n) is 9.59. The second-order valence-corrected chi connectivity index (χ2v) is 8.34. The Bertz CT molecular complexity index is 1150. The topological polar surface area (TPSA) is 37.4 Å². The Morgan fingerprint density at radius 1 is 0.867 bits per heavy atom. The number of carbonyl (C=O) groups excluding carboxylic acids is 2. The van der Waals surface area contributed by atoms with Gasteiger partial charge in [0.1, 0.15) is 5.82 Å². The van der Waals surface area contributed by atoms with Crippen LogP contribution in [-0.4, -0.2) is 16.7 Å². The molecule has 5 heteroatoms. The van der Waals surface area contributed by atoms with Crippen molar-refractivity contribution in [3.8, 4) is 0 Å². The second kappa shape index (κ2) is 8.28. The lowest BCUT2D eigenvalue weighted by molar-refractivity contribution is -0.137. The Morgan fingerprint density at radius 3 is 2.23 bits per heavy atom. The van der Waals surface area contributed by atoms with Crippen LogP contribution in [0.2, 0.25) is 0 Å². The fourth-order valence-electron chi connectivity index (χ4n) is 3.50. The molecule has 0 unspecified atom stereocenters. The smallest absolute Gasteiger partial charge is 0.268 e. The molecule has 1 aliphatic rings. The Labute approximate surface area is 179 Å². The predicted octanol–water partition coefficient (Wildman–Crippen LogP) is 5.51. The summed E-state index contributed by atoms with van der Waals surface area (Å²) < 4.78 is 13.3.